The van der Waals surface area contributed by atoms with E-state index in [4.69, 9.17) is 0 Å². The first-order valence-electron chi connectivity index (χ1n) is 5.71. The van der Waals surface area contributed by atoms with E-state index in [1.165, 1.54) is 6.07 Å². The number of hydrogen-bond acceptors (Lipinski definition) is 2. The SMILES string of the molecule is C/C=C\N(CC(C)(C)O)c1ccc(C)c(F)c1. The molecule has 1 N–H and O–H groups in total. The van der Waals surface area contributed by atoms with E-state index >= 15 is 0 Å². The van der Waals surface area contributed by atoms with Gasteiger partial charge in [-0.25, -0.2) is 4.39 Å². The van der Waals surface area contributed by atoms with E-state index in [0.717, 1.165) is 5.69 Å². The van der Waals surface area contributed by atoms with E-state index in [9.17, 15) is 9.50 Å². The Morgan fingerprint density at radius 2 is 2.06 bits per heavy atom. The number of aliphatic hydroxyl groups is 1. The molecule has 0 spiro atoms. The van der Waals surface area contributed by atoms with Crippen LogP contribution in [0.1, 0.15) is 26.3 Å². The molecule has 17 heavy (non-hydrogen) atoms. The van der Waals surface area contributed by atoms with Gasteiger partial charge >= 0.3 is 0 Å². The smallest absolute Gasteiger partial charge is 0.128 e. The van der Waals surface area contributed by atoms with E-state index in [0.29, 0.717) is 12.1 Å². The average molecular weight is 237 g/mol. The molecule has 0 fully saturated rings. The Hall–Kier alpha value is -1.35. The predicted octanol–water partition coefficient (Wildman–Crippen LogP) is 3.25. The Labute approximate surface area is 102 Å². The zero-order valence-corrected chi connectivity index (χ0v) is 10.9. The first-order chi connectivity index (χ1) is 7.83. The van der Waals surface area contributed by atoms with Gasteiger partial charge < -0.3 is 10.0 Å². The molecule has 0 aliphatic rings. The van der Waals surface area contributed by atoms with Crippen molar-refractivity contribution < 1.29 is 9.50 Å². The van der Waals surface area contributed by atoms with Gasteiger partial charge in [-0.05, 0) is 51.6 Å². The quantitative estimate of drug-likeness (QED) is 0.869. The summed E-state index contributed by atoms with van der Waals surface area (Å²) in [6.07, 6.45) is 3.70. The van der Waals surface area contributed by atoms with Crippen LogP contribution in [0, 0.1) is 12.7 Å². The fourth-order valence-electron chi connectivity index (χ4n) is 1.59. The van der Waals surface area contributed by atoms with E-state index in [1.54, 1.807) is 26.8 Å². The van der Waals surface area contributed by atoms with Crippen LogP contribution in [0.15, 0.2) is 30.5 Å². The van der Waals surface area contributed by atoms with Crippen molar-refractivity contribution in [3.05, 3.63) is 41.9 Å². The Bertz CT molecular complexity index is 407. The average Bonchev–Trinajstić information content (AvgIpc) is 2.19. The Morgan fingerprint density at radius 3 is 2.53 bits per heavy atom. The number of halogens is 1. The molecule has 1 aromatic rings. The summed E-state index contributed by atoms with van der Waals surface area (Å²) >= 11 is 0. The number of hydrogen-bond donors (Lipinski definition) is 1. The maximum absolute atomic E-state index is 13.5. The van der Waals surface area contributed by atoms with E-state index in [-0.39, 0.29) is 5.82 Å². The molecular weight excluding hydrogens is 217 g/mol. The minimum absolute atomic E-state index is 0.229. The summed E-state index contributed by atoms with van der Waals surface area (Å²) in [5.74, 6) is -0.229. The molecular formula is C14H20FNO. The van der Waals surface area contributed by atoms with Crippen LogP contribution in [0.5, 0.6) is 0 Å². The van der Waals surface area contributed by atoms with Crippen molar-refractivity contribution in [2.24, 2.45) is 0 Å². The molecule has 0 amide bonds. The third kappa shape index (κ3) is 4.19. The van der Waals surface area contributed by atoms with Crippen LogP contribution >= 0.6 is 0 Å². The lowest BCUT2D eigenvalue weighted by Crippen LogP contribution is -2.35. The number of nitrogens with zero attached hydrogens (tertiary/aromatic N) is 1. The summed E-state index contributed by atoms with van der Waals surface area (Å²) in [5.41, 5.74) is 0.534. The molecule has 0 bridgehead atoms. The number of benzene rings is 1. The highest BCUT2D eigenvalue weighted by molar-refractivity contribution is 5.51. The molecule has 0 aromatic heterocycles. The Morgan fingerprint density at radius 1 is 1.41 bits per heavy atom. The van der Waals surface area contributed by atoms with Gasteiger partial charge in [0.2, 0.25) is 0 Å². The second kappa shape index (κ2) is 5.32. The summed E-state index contributed by atoms with van der Waals surface area (Å²) in [4.78, 5) is 1.84. The highest BCUT2D eigenvalue weighted by Crippen LogP contribution is 2.20. The normalized spacial score (nSPS) is 12.1. The van der Waals surface area contributed by atoms with Gasteiger partial charge in [-0.15, -0.1) is 0 Å². The van der Waals surface area contributed by atoms with Crippen molar-refractivity contribution in [1.29, 1.82) is 0 Å². The van der Waals surface area contributed by atoms with Crippen molar-refractivity contribution >= 4 is 5.69 Å². The summed E-state index contributed by atoms with van der Waals surface area (Å²) in [6, 6.07) is 5.08. The predicted molar refractivity (Wildman–Crippen MR) is 69.6 cm³/mol. The number of anilines is 1. The van der Waals surface area contributed by atoms with Crippen molar-refractivity contribution in [1.82, 2.24) is 0 Å². The van der Waals surface area contributed by atoms with Gasteiger partial charge in [0.1, 0.15) is 5.82 Å². The minimum atomic E-state index is -0.832. The summed E-state index contributed by atoms with van der Waals surface area (Å²) in [6.45, 7) is 7.50. The lowest BCUT2D eigenvalue weighted by atomic mass is 10.1. The van der Waals surface area contributed by atoms with Crippen LogP contribution < -0.4 is 4.90 Å². The van der Waals surface area contributed by atoms with Crippen molar-refractivity contribution in [3.8, 4) is 0 Å². The first kappa shape index (κ1) is 13.7. The summed E-state index contributed by atoms with van der Waals surface area (Å²) < 4.78 is 13.5. The molecule has 0 aliphatic carbocycles. The molecule has 3 heteroatoms. The zero-order chi connectivity index (χ0) is 13.1. The van der Waals surface area contributed by atoms with Crippen LogP contribution in [0.2, 0.25) is 0 Å². The van der Waals surface area contributed by atoms with Crippen LogP contribution in [0.25, 0.3) is 0 Å². The van der Waals surface area contributed by atoms with Crippen molar-refractivity contribution in [2.45, 2.75) is 33.3 Å². The van der Waals surface area contributed by atoms with Gasteiger partial charge in [-0.2, -0.15) is 0 Å². The fraction of sp³-hybridized carbons (Fsp3) is 0.429. The summed E-state index contributed by atoms with van der Waals surface area (Å²) in [5, 5.41) is 9.83. The second-order valence-corrected chi connectivity index (χ2v) is 4.86. The van der Waals surface area contributed by atoms with Crippen LogP contribution in [-0.4, -0.2) is 17.3 Å². The maximum Gasteiger partial charge on any atom is 0.128 e. The molecule has 0 heterocycles. The molecule has 0 radical (unpaired) electrons. The van der Waals surface area contributed by atoms with Crippen LogP contribution in [0.4, 0.5) is 10.1 Å². The van der Waals surface area contributed by atoms with Crippen LogP contribution in [0.3, 0.4) is 0 Å². The molecule has 1 aromatic carbocycles. The van der Waals surface area contributed by atoms with Gasteiger partial charge in [0, 0.05) is 5.69 Å². The number of aryl methyl sites for hydroxylation is 1. The first-order valence-corrected chi connectivity index (χ1v) is 5.71. The number of allylic oxidation sites excluding steroid dienone is 1. The van der Waals surface area contributed by atoms with E-state index in [1.807, 2.05) is 30.2 Å². The van der Waals surface area contributed by atoms with Gasteiger partial charge in [-0.1, -0.05) is 12.1 Å². The zero-order valence-electron chi connectivity index (χ0n) is 10.9. The molecule has 1 rings (SSSR count). The lowest BCUT2D eigenvalue weighted by Gasteiger charge is -2.28. The summed E-state index contributed by atoms with van der Waals surface area (Å²) in [7, 11) is 0. The third-order valence-electron chi connectivity index (χ3n) is 2.37. The minimum Gasteiger partial charge on any atom is -0.389 e. The van der Waals surface area contributed by atoms with Gasteiger partial charge in [0.25, 0.3) is 0 Å². The molecule has 94 valence electrons. The maximum atomic E-state index is 13.5. The van der Waals surface area contributed by atoms with Gasteiger partial charge in [0.05, 0.1) is 12.1 Å². The highest BCUT2D eigenvalue weighted by atomic mass is 19.1. The van der Waals surface area contributed by atoms with E-state index < -0.39 is 5.60 Å². The molecule has 0 unspecified atom stereocenters. The van der Waals surface area contributed by atoms with Crippen molar-refractivity contribution in [3.63, 3.8) is 0 Å². The van der Waals surface area contributed by atoms with Gasteiger partial charge in [-0.3, -0.25) is 0 Å². The second-order valence-electron chi connectivity index (χ2n) is 4.86. The Kier molecular flexibility index (Phi) is 4.29. The molecule has 0 atom stereocenters. The van der Waals surface area contributed by atoms with Crippen LogP contribution in [-0.2, 0) is 0 Å². The largest absolute Gasteiger partial charge is 0.389 e. The monoisotopic (exact) mass is 237 g/mol. The van der Waals surface area contributed by atoms with Crippen molar-refractivity contribution in [2.75, 3.05) is 11.4 Å². The number of rotatable bonds is 4. The lowest BCUT2D eigenvalue weighted by molar-refractivity contribution is 0.0895. The standard InChI is InChI=1S/C14H20FNO/c1-5-8-16(10-14(3,4)17)12-7-6-11(2)13(15)9-12/h5-9,17H,10H2,1-4H3/b8-5-. The highest BCUT2D eigenvalue weighted by Gasteiger charge is 2.17. The fourth-order valence-corrected chi connectivity index (χ4v) is 1.59. The topological polar surface area (TPSA) is 23.5 Å². The van der Waals surface area contributed by atoms with E-state index in [2.05, 4.69) is 0 Å². The molecule has 0 aliphatic heterocycles. The van der Waals surface area contributed by atoms with Gasteiger partial charge in [0.15, 0.2) is 0 Å². The molecule has 0 saturated heterocycles. The molecule has 0 saturated carbocycles. The Balaban J connectivity index is 3.01. The molecule has 2 nitrogen and oxygen atoms in total. The third-order valence-corrected chi connectivity index (χ3v) is 2.37.